The smallest absolute Gasteiger partial charge is 0.0203 e. The number of allylic oxidation sites excluding steroid dienone is 2. The van der Waals surface area contributed by atoms with Gasteiger partial charge in [0.05, 0.1) is 0 Å². The fourth-order valence-corrected chi connectivity index (χ4v) is 0.518. The summed E-state index contributed by atoms with van der Waals surface area (Å²) in [5.74, 6) is 0. The van der Waals surface area contributed by atoms with Crippen molar-refractivity contribution in [1.82, 2.24) is 0 Å². The molecule has 0 fully saturated rings. The zero-order chi connectivity index (χ0) is 4.99. The molecule has 0 bridgehead atoms. The molecule has 0 heterocycles. The van der Waals surface area contributed by atoms with Crippen molar-refractivity contribution in [1.29, 1.82) is 0 Å². The summed E-state index contributed by atoms with van der Waals surface area (Å²) in [5.41, 5.74) is 1.45. The Balaban J connectivity index is 3.22. The van der Waals surface area contributed by atoms with Crippen molar-refractivity contribution in [3.8, 4) is 0 Å². The van der Waals surface area contributed by atoms with Crippen molar-refractivity contribution in [2.24, 2.45) is 0 Å². The van der Waals surface area contributed by atoms with Crippen LogP contribution < -0.4 is 0 Å². The molecule has 0 N–H and O–H groups in total. The lowest BCUT2D eigenvalue weighted by Gasteiger charge is -1.83. The Kier molecular flexibility index (Phi) is 3.94. The maximum atomic E-state index is 2.35. The van der Waals surface area contributed by atoms with Crippen LogP contribution in [0.5, 0.6) is 0 Å². The Labute approximate surface area is 52.8 Å². The van der Waals surface area contributed by atoms with E-state index in [0.29, 0.717) is 0 Å². The lowest BCUT2D eigenvalue weighted by molar-refractivity contribution is 1.40. The highest BCUT2D eigenvalue weighted by Crippen LogP contribution is 1.95. The molecule has 0 rings (SSSR count). The van der Waals surface area contributed by atoms with Crippen LogP contribution in [0.25, 0.3) is 0 Å². The maximum absolute atomic E-state index is 2.35. The SMILES string of the molecule is CC=C(C)CI. The van der Waals surface area contributed by atoms with Crippen LogP contribution in [0.2, 0.25) is 0 Å². The molecule has 0 aromatic rings. The highest BCUT2D eigenvalue weighted by Gasteiger charge is 1.74. The monoisotopic (exact) mass is 196 g/mol. The van der Waals surface area contributed by atoms with E-state index in [9.17, 15) is 0 Å². The number of alkyl halides is 1. The number of rotatable bonds is 1. The topological polar surface area (TPSA) is 0 Å². The second kappa shape index (κ2) is 3.65. The molecule has 0 unspecified atom stereocenters. The summed E-state index contributed by atoms with van der Waals surface area (Å²) in [5, 5.41) is 0. The summed E-state index contributed by atoms with van der Waals surface area (Å²) in [6, 6.07) is 0. The molecule has 0 atom stereocenters. The van der Waals surface area contributed by atoms with Gasteiger partial charge in [-0.1, -0.05) is 34.2 Å². The quantitative estimate of drug-likeness (QED) is 0.343. The van der Waals surface area contributed by atoms with Crippen LogP contribution in [0.3, 0.4) is 0 Å². The summed E-state index contributed by atoms with van der Waals surface area (Å²) < 4.78 is 1.16. The van der Waals surface area contributed by atoms with E-state index in [1.165, 1.54) is 5.57 Å². The van der Waals surface area contributed by atoms with Crippen LogP contribution in [0.1, 0.15) is 13.8 Å². The van der Waals surface area contributed by atoms with Crippen LogP contribution >= 0.6 is 22.6 Å². The predicted molar refractivity (Wildman–Crippen MR) is 38.3 cm³/mol. The average molecular weight is 196 g/mol. The van der Waals surface area contributed by atoms with Gasteiger partial charge in [0, 0.05) is 4.43 Å². The summed E-state index contributed by atoms with van der Waals surface area (Å²) in [7, 11) is 0. The van der Waals surface area contributed by atoms with Gasteiger partial charge in [-0.15, -0.1) is 0 Å². The average Bonchev–Trinajstić information content (AvgIpc) is 1.65. The van der Waals surface area contributed by atoms with E-state index in [4.69, 9.17) is 0 Å². The number of hydrogen-bond donors (Lipinski definition) is 0. The third kappa shape index (κ3) is 2.69. The zero-order valence-corrected chi connectivity index (χ0v) is 6.32. The summed E-state index contributed by atoms with van der Waals surface area (Å²) in [6.07, 6.45) is 2.13. The molecule has 0 aromatic heterocycles. The van der Waals surface area contributed by atoms with Gasteiger partial charge >= 0.3 is 0 Å². The van der Waals surface area contributed by atoms with Crippen molar-refractivity contribution < 1.29 is 0 Å². The molecule has 0 amide bonds. The van der Waals surface area contributed by atoms with Gasteiger partial charge in [0.1, 0.15) is 0 Å². The maximum Gasteiger partial charge on any atom is 0.0203 e. The molecule has 1 heteroatoms. The fourth-order valence-electron chi connectivity index (χ4n) is 0.0772. The Bertz CT molecular complexity index is 55.0. The zero-order valence-electron chi connectivity index (χ0n) is 4.16. The second-order valence-electron chi connectivity index (χ2n) is 1.27. The molecule has 6 heavy (non-hydrogen) atoms. The molecule has 0 aliphatic heterocycles. The summed E-state index contributed by atoms with van der Waals surface area (Å²) in [4.78, 5) is 0. The first-order valence-corrected chi connectivity index (χ1v) is 3.51. The van der Waals surface area contributed by atoms with Crippen molar-refractivity contribution in [3.63, 3.8) is 0 Å². The Hall–Kier alpha value is 0.470. The molecule has 0 saturated carbocycles. The van der Waals surface area contributed by atoms with E-state index < -0.39 is 0 Å². The lowest BCUT2D eigenvalue weighted by atomic mass is 10.3. The molecular weight excluding hydrogens is 187 g/mol. The van der Waals surface area contributed by atoms with Gasteiger partial charge in [0.2, 0.25) is 0 Å². The second-order valence-corrected chi connectivity index (χ2v) is 2.03. The Morgan fingerprint density at radius 3 is 2.33 bits per heavy atom. The molecule has 0 aliphatic carbocycles. The van der Waals surface area contributed by atoms with Gasteiger partial charge in [0.25, 0.3) is 0 Å². The molecule has 36 valence electrons. The van der Waals surface area contributed by atoms with E-state index in [2.05, 4.69) is 42.5 Å². The number of halogens is 1. The first kappa shape index (κ1) is 6.47. The first-order valence-electron chi connectivity index (χ1n) is 1.99. The highest BCUT2D eigenvalue weighted by atomic mass is 127. The minimum atomic E-state index is 1.16. The van der Waals surface area contributed by atoms with E-state index >= 15 is 0 Å². The molecule has 0 spiro atoms. The van der Waals surface area contributed by atoms with Gasteiger partial charge in [-0.25, -0.2) is 0 Å². The summed E-state index contributed by atoms with van der Waals surface area (Å²) >= 11 is 2.35. The molecule has 0 aromatic carbocycles. The van der Waals surface area contributed by atoms with Gasteiger partial charge in [0.15, 0.2) is 0 Å². The largest absolute Gasteiger partial charge is 0.0880 e. The van der Waals surface area contributed by atoms with E-state index in [-0.39, 0.29) is 0 Å². The first-order chi connectivity index (χ1) is 2.81. The molecular formula is C5H9I. The Morgan fingerprint density at radius 1 is 1.83 bits per heavy atom. The van der Waals surface area contributed by atoms with Crippen LogP contribution in [0.15, 0.2) is 11.6 Å². The molecule has 0 radical (unpaired) electrons. The minimum absolute atomic E-state index is 1.16. The third-order valence-electron chi connectivity index (χ3n) is 0.704. The number of hydrogen-bond acceptors (Lipinski definition) is 0. The molecule has 0 saturated heterocycles. The fraction of sp³-hybridized carbons (Fsp3) is 0.600. The van der Waals surface area contributed by atoms with Crippen LogP contribution in [0, 0.1) is 0 Å². The van der Waals surface area contributed by atoms with E-state index in [1.54, 1.807) is 0 Å². The van der Waals surface area contributed by atoms with Crippen LogP contribution in [-0.4, -0.2) is 4.43 Å². The van der Waals surface area contributed by atoms with Gasteiger partial charge in [-0.3, -0.25) is 0 Å². The summed E-state index contributed by atoms with van der Waals surface area (Å²) in [6.45, 7) is 4.19. The minimum Gasteiger partial charge on any atom is -0.0880 e. The lowest BCUT2D eigenvalue weighted by Crippen LogP contribution is -1.69. The predicted octanol–water partition coefficient (Wildman–Crippen LogP) is 2.39. The van der Waals surface area contributed by atoms with Gasteiger partial charge in [-0.05, 0) is 13.8 Å². The van der Waals surface area contributed by atoms with E-state index in [0.717, 1.165) is 4.43 Å². The van der Waals surface area contributed by atoms with Gasteiger partial charge in [-0.2, -0.15) is 0 Å². The highest BCUT2D eigenvalue weighted by molar-refractivity contribution is 14.1. The normalized spacial score (nSPS) is 12.2. The van der Waals surface area contributed by atoms with Crippen molar-refractivity contribution in [3.05, 3.63) is 11.6 Å². The molecule has 0 nitrogen and oxygen atoms in total. The van der Waals surface area contributed by atoms with Gasteiger partial charge < -0.3 is 0 Å². The standard InChI is InChI=1S/C5H9I/c1-3-5(2)4-6/h3H,4H2,1-2H3. The van der Waals surface area contributed by atoms with Crippen molar-refractivity contribution in [2.75, 3.05) is 4.43 Å². The third-order valence-corrected chi connectivity index (χ3v) is 1.91. The van der Waals surface area contributed by atoms with Crippen molar-refractivity contribution >= 4 is 22.6 Å². The Morgan fingerprint density at radius 2 is 2.33 bits per heavy atom. The van der Waals surface area contributed by atoms with E-state index in [1.807, 2.05) is 0 Å². The van der Waals surface area contributed by atoms with Crippen molar-refractivity contribution in [2.45, 2.75) is 13.8 Å². The van der Waals surface area contributed by atoms with Crippen LogP contribution in [-0.2, 0) is 0 Å². The molecule has 0 aliphatic rings. The van der Waals surface area contributed by atoms with Crippen LogP contribution in [0.4, 0.5) is 0 Å².